The highest BCUT2D eigenvalue weighted by Crippen LogP contribution is 2.48. The molecule has 0 nitrogen and oxygen atoms in total. The monoisotopic (exact) mass is 252 g/mol. The molecule has 0 aromatic heterocycles. The maximum absolute atomic E-state index is 2.33. The summed E-state index contributed by atoms with van der Waals surface area (Å²) in [6.07, 6.45) is 0. The van der Waals surface area contributed by atoms with Crippen LogP contribution in [-0.4, -0.2) is 0 Å². The molecule has 0 unspecified atom stereocenters. The van der Waals surface area contributed by atoms with Crippen molar-refractivity contribution in [2.45, 2.75) is 0 Å². The lowest BCUT2D eigenvalue weighted by molar-refractivity contribution is 1.55. The molecule has 0 atom stereocenters. The Morgan fingerprint density at radius 3 is 1.30 bits per heavy atom. The van der Waals surface area contributed by atoms with E-state index in [1.54, 1.807) is 0 Å². The highest BCUT2D eigenvalue weighted by Gasteiger charge is 2.21. The van der Waals surface area contributed by atoms with Crippen LogP contribution in [0.25, 0.3) is 43.8 Å². The minimum atomic E-state index is 1.31. The molecule has 0 heterocycles. The highest BCUT2D eigenvalue weighted by atomic mass is 14.2. The summed E-state index contributed by atoms with van der Waals surface area (Å²) in [7, 11) is 0. The molecule has 0 radical (unpaired) electrons. The first kappa shape index (κ1) is 10.2. The molecule has 0 heteroatoms. The zero-order valence-corrected chi connectivity index (χ0v) is 10.9. The summed E-state index contributed by atoms with van der Waals surface area (Å²) < 4.78 is 0. The van der Waals surface area contributed by atoms with Crippen molar-refractivity contribution in [2.75, 3.05) is 0 Å². The molecule has 92 valence electrons. The molecule has 0 spiro atoms. The summed E-state index contributed by atoms with van der Waals surface area (Å²) in [6, 6.07) is 26.5. The molecule has 0 saturated heterocycles. The maximum atomic E-state index is 2.33. The topological polar surface area (TPSA) is 0 Å². The molecule has 1 aliphatic rings. The lowest BCUT2D eigenvalue weighted by Crippen LogP contribution is -1.97. The van der Waals surface area contributed by atoms with Crippen molar-refractivity contribution >= 4 is 21.5 Å². The Bertz CT molecular complexity index is 912. The number of rotatable bonds is 0. The second-order valence-corrected chi connectivity index (χ2v) is 5.49. The summed E-state index contributed by atoms with van der Waals surface area (Å²) in [4.78, 5) is 0. The fourth-order valence-electron chi connectivity index (χ4n) is 3.33. The quantitative estimate of drug-likeness (QED) is 0.313. The van der Waals surface area contributed by atoms with Gasteiger partial charge in [0, 0.05) is 0 Å². The van der Waals surface area contributed by atoms with E-state index in [4.69, 9.17) is 0 Å². The van der Waals surface area contributed by atoms with Gasteiger partial charge in [0.05, 0.1) is 0 Å². The van der Waals surface area contributed by atoms with Gasteiger partial charge in [0.1, 0.15) is 0 Å². The Labute approximate surface area is 117 Å². The van der Waals surface area contributed by atoms with E-state index >= 15 is 0 Å². The maximum Gasteiger partial charge on any atom is -0.00926 e. The standard InChI is InChI=1S/C20H12/c1-2-6-14-10-16-12-20-18-8-4-3-7-17(18)19(20)11-15(16)9-13(14)5-1/h1-12H. The number of fused-ring (bicyclic) bond motifs is 6. The second-order valence-electron chi connectivity index (χ2n) is 5.49. The van der Waals surface area contributed by atoms with Gasteiger partial charge in [-0.3, -0.25) is 0 Å². The molecule has 0 saturated carbocycles. The predicted molar refractivity (Wildman–Crippen MR) is 85.9 cm³/mol. The van der Waals surface area contributed by atoms with Crippen LogP contribution in [0.2, 0.25) is 0 Å². The van der Waals surface area contributed by atoms with E-state index < -0.39 is 0 Å². The zero-order chi connectivity index (χ0) is 13.1. The van der Waals surface area contributed by atoms with Crippen molar-refractivity contribution in [1.29, 1.82) is 0 Å². The molecule has 0 N–H and O–H groups in total. The van der Waals surface area contributed by atoms with Crippen molar-refractivity contribution in [3.63, 3.8) is 0 Å². The molecule has 0 fully saturated rings. The molecular weight excluding hydrogens is 240 g/mol. The van der Waals surface area contributed by atoms with Gasteiger partial charge in [-0.05, 0) is 68.1 Å². The van der Waals surface area contributed by atoms with Crippen molar-refractivity contribution < 1.29 is 0 Å². The summed E-state index contributed by atoms with van der Waals surface area (Å²) in [5.41, 5.74) is 5.56. The summed E-state index contributed by atoms with van der Waals surface area (Å²) in [6.45, 7) is 0. The molecule has 4 aromatic rings. The van der Waals surface area contributed by atoms with Crippen molar-refractivity contribution in [3.8, 4) is 22.3 Å². The van der Waals surface area contributed by atoms with Crippen LogP contribution in [0.3, 0.4) is 0 Å². The molecule has 20 heavy (non-hydrogen) atoms. The van der Waals surface area contributed by atoms with Gasteiger partial charge >= 0.3 is 0 Å². The van der Waals surface area contributed by atoms with Crippen molar-refractivity contribution in [1.82, 2.24) is 0 Å². The van der Waals surface area contributed by atoms with E-state index in [1.165, 1.54) is 43.8 Å². The summed E-state index contributed by atoms with van der Waals surface area (Å²) in [5, 5.41) is 5.29. The third kappa shape index (κ3) is 1.21. The van der Waals surface area contributed by atoms with E-state index in [0.29, 0.717) is 0 Å². The van der Waals surface area contributed by atoms with Crippen LogP contribution in [0.1, 0.15) is 0 Å². The minimum absolute atomic E-state index is 1.31. The minimum Gasteiger partial charge on any atom is -0.0616 e. The van der Waals surface area contributed by atoms with Crippen LogP contribution < -0.4 is 0 Å². The normalized spacial score (nSPS) is 12.0. The van der Waals surface area contributed by atoms with E-state index in [9.17, 15) is 0 Å². The van der Waals surface area contributed by atoms with Crippen LogP contribution in [0.15, 0.2) is 72.8 Å². The summed E-state index contributed by atoms with van der Waals surface area (Å²) in [5.74, 6) is 0. The first-order valence-corrected chi connectivity index (χ1v) is 6.96. The van der Waals surface area contributed by atoms with Gasteiger partial charge in [0.15, 0.2) is 0 Å². The van der Waals surface area contributed by atoms with Crippen LogP contribution in [0.5, 0.6) is 0 Å². The lowest BCUT2D eigenvalue weighted by Gasteiger charge is -2.24. The molecule has 0 bridgehead atoms. The summed E-state index contributed by atoms with van der Waals surface area (Å²) >= 11 is 0. The van der Waals surface area contributed by atoms with E-state index in [2.05, 4.69) is 72.8 Å². The first-order valence-electron chi connectivity index (χ1n) is 6.96. The molecule has 0 amide bonds. The van der Waals surface area contributed by atoms with Gasteiger partial charge in [-0.25, -0.2) is 0 Å². The molecular formula is C20H12. The smallest absolute Gasteiger partial charge is 0.00926 e. The first-order chi connectivity index (χ1) is 9.90. The van der Waals surface area contributed by atoms with Gasteiger partial charge in [-0.1, -0.05) is 48.5 Å². The fourth-order valence-corrected chi connectivity index (χ4v) is 3.33. The Morgan fingerprint density at radius 1 is 0.350 bits per heavy atom. The van der Waals surface area contributed by atoms with Gasteiger partial charge in [-0.15, -0.1) is 0 Å². The van der Waals surface area contributed by atoms with Crippen LogP contribution >= 0.6 is 0 Å². The Hall–Kier alpha value is -2.60. The number of benzene rings is 4. The van der Waals surface area contributed by atoms with Crippen LogP contribution in [0.4, 0.5) is 0 Å². The zero-order valence-electron chi connectivity index (χ0n) is 10.9. The average molecular weight is 252 g/mol. The van der Waals surface area contributed by atoms with Gasteiger partial charge in [-0.2, -0.15) is 0 Å². The molecule has 4 aromatic carbocycles. The van der Waals surface area contributed by atoms with Gasteiger partial charge < -0.3 is 0 Å². The second kappa shape index (κ2) is 3.49. The Balaban J connectivity index is 1.87. The highest BCUT2D eigenvalue weighted by molar-refractivity contribution is 6.10. The van der Waals surface area contributed by atoms with Gasteiger partial charge in [0.25, 0.3) is 0 Å². The molecule has 5 rings (SSSR count). The van der Waals surface area contributed by atoms with Crippen molar-refractivity contribution in [2.24, 2.45) is 0 Å². The van der Waals surface area contributed by atoms with Crippen molar-refractivity contribution in [3.05, 3.63) is 72.8 Å². The van der Waals surface area contributed by atoms with Gasteiger partial charge in [0.2, 0.25) is 0 Å². The predicted octanol–water partition coefficient (Wildman–Crippen LogP) is 5.64. The Morgan fingerprint density at radius 2 is 0.800 bits per heavy atom. The number of hydrogen-bond donors (Lipinski definition) is 0. The third-order valence-corrected chi connectivity index (χ3v) is 4.35. The molecule has 0 aliphatic heterocycles. The van der Waals surface area contributed by atoms with E-state index in [1.807, 2.05) is 0 Å². The Kier molecular flexibility index (Phi) is 1.78. The van der Waals surface area contributed by atoms with Crippen LogP contribution in [0, 0.1) is 0 Å². The number of hydrogen-bond acceptors (Lipinski definition) is 0. The average Bonchev–Trinajstić information content (AvgIpc) is 2.50. The van der Waals surface area contributed by atoms with E-state index in [-0.39, 0.29) is 0 Å². The third-order valence-electron chi connectivity index (χ3n) is 4.35. The van der Waals surface area contributed by atoms with Crippen LogP contribution in [-0.2, 0) is 0 Å². The SMILES string of the molecule is c1ccc2c(c1)-c1cc3cc4ccccc4cc3cc1-2. The lowest BCUT2D eigenvalue weighted by atomic mass is 9.79. The largest absolute Gasteiger partial charge is 0.0616 e. The van der Waals surface area contributed by atoms with E-state index in [0.717, 1.165) is 0 Å². The molecule has 1 aliphatic carbocycles. The fraction of sp³-hybridized carbons (Fsp3) is 0.